The summed E-state index contributed by atoms with van der Waals surface area (Å²) in [5, 5.41) is 9.24. The molecule has 6 atom stereocenters. The zero-order valence-corrected chi connectivity index (χ0v) is 8.30. The summed E-state index contributed by atoms with van der Waals surface area (Å²) in [6.07, 6.45) is 1.67. The van der Waals surface area contributed by atoms with Crippen LogP contribution in [0, 0.1) is 11.8 Å². The second kappa shape index (κ2) is 3.22. The molecule has 70 valence electrons. The van der Waals surface area contributed by atoms with Crippen LogP contribution in [0.2, 0.25) is 0 Å². The molecule has 4 heteroatoms. The van der Waals surface area contributed by atoms with E-state index in [0.717, 1.165) is 12.8 Å². The molecule has 0 aromatic heterocycles. The number of hydrogen-bond donors (Lipinski definition) is 1. The molecule has 0 spiro atoms. The van der Waals surface area contributed by atoms with E-state index in [0.29, 0.717) is 11.8 Å². The first-order valence-electron chi connectivity index (χ1n) is 4.41. The maximum atomic E-state index is 9.24. The van der Waals surface area contributed by atoms with E-state index in [1.165, 1.54) is 0 Å². The maximum Gasteiger partial charge on any atom is 0.155 e. The van der Waals surface area contributed by atoms with E-state index in [4.69, 9.17) is 9.26 Å². The Balaban J connectivity index is 2.03. The van der Waals surface area contributed by atoms with Gasteiger partial charge in [0, 0.05) is 22.3 Å². The van der Waals surface area contributed by atoms with Crippen LogP contribution in [0.5, 0.6) is 0 Å². The van der Waals surface area contributed by atoms with Crippen molar-refractivity contribution >= 4 is 9.47 Å². The quantitative estimate of drug-likeness (QED) is 0.625. The lowest BCUT2D eigenvalue weighted by atomic mass is 9.94. The standard InChI is InChI=1S/C8H15O3P/c1-4-5-2-8(9)10-7(5)3-6(4)11-12/h4-9H,2-3,12H2,1H3/t4-,5-,6?,7?,8?/m1/s1. The summed E-state index contributed by atoms with van der Waals surface area (Å²) in [5.74, 6) is 0.996. The second-order valence-electron chi connectivity index (χ2n) is 3.80. The Bertz CT molecular complexity index is 174. The van der Waals surface area contributed by atoms with Gasteiger partial charge in [-0.15, -0.1) is 0 Å². The molecule has 0 aromatic carbocycles. The molecule has 1 N–H and O–H groups in total. The predicted molar refractivity (Wildman–Crippen MR) is 47.4 cm³/mol. The van der Waals surface area contributed by atoms with Crippen molar-refractivity contribution in [2.45, 2.75) is 38.3 Å². The van der Waals surface area contributed by atoms with Gasteiger partial charge in [-0.3, -0.25) is 0 Å². The summed E-state index contributed by atoms with van der Waals surface area (Å²) in [5.41, 5.74) is 0. The summed E-state index contributed by atoms with van der Waals surface area (Å²) in [4.78, 5) is 0. The van der Waals surface area contributed by atoms with Crippen molar-refractivity contribution in [3.8, 4) is 0 Å². The van der Waals surface area contributed by atoms with E-state index in [1.54, 1.807) is 0 Å². The van der Waals surface area contributed by atoms with Crippen LogP contribution in [-0.4, -0.2) is 23.6 Å². The van der Waals surface area contributed by atoms with Gasteiger partial charge in [0.2, 0.25) is 0 Å². The minimum atomic E-state index is -0.534. The Morgan fingerprint density at radius 1 is 1.50 bits per heavy atom. The fraction of sp³-hybridized carbons (Fsp3) is 1.00. The number of rotatable bonds is 1. The molecule has 2 fully saturated rings. The average molecular weight is 190 g/mol. The number of fused-ring (bicyclic) bond motifs is 1. The second-order valence-corrected chi connectivity index (χ2v) is 4.07. The first-order chi connectivity index (χ1) is 5.72. The van der Waals surface area contributed by atoms with Crippen LogP contribution in [0.4, 0.5) is 0 Å². The van der Waals surface area contributed by atoms with Crippen molar-refractivity contribution in [2.75, 3.05) is 0 Å². The molecule has 3 nitrogen and oxygen atoms in total. The average Bonchev–Trinajstić information content (AvgIpc) is 2.51. The van der Waals surface area contributed by atoms with Crippen LogP contribution in [-0.2, 0) is 9.26 Å². The highest BCUT2D eigenvalue weighted by Crippen LogP contribution is 2.44. The third kappa shape index (κ3) is 1.29. The maximum absolute atomic E-state index is 9.24. The van der Waals surface area contributed by atoms with Crippen molar-refractivity contribution in [2.24, 2.45) is 11.8 Å². The summed E-state index contributed by atoms with van der Waals surface area (Å²) in [6, 6.07) is 0. The van der Waals surface area contributed by atoms with Gasteiger partial charge in [0.1, 0.15) is 0 Å². The van der Waals surface area contributed by atoms with Crippen LogP contribution in [0.15, 0.2) is 0 Å². The Morgan fingerprint density at radius 2 is 2.25 bits per heavy atom. The number of aliphatic hydroxyl groups is 1. The number of aliphatic hydroxyl groups excluding tert-OH is 1. The van der Waals surface area contributed by atoms with Gasteiger partial charge >= 0.3 is 0 Å². The van der Waals surface area contributed by atoms with Gasteiger partial charge in [-0.25, -0.2) is 0 Å². The highest BCUT2D eigenvalue weighted by molar-refractivity contribution is 7.09. The molecule has 2 rings (SSSR count). The summed E-state index contributed by atoms with van der Waals surface area (Å²) >= 11 is 0. The van der Waals surface area contributed by atoms with Crippen LogP contribution < -0.4 is 0 Å². The minimum Gasteiger partial charge on any atom is -0.368 e. The van der Waals surface area contributed by atoms with Gasteiger partial charge in [-0.2, -0.15) is 0 Å². The molecule has 1 heterocycles. The van der Waals surface area contributed by atoms with Crippen molar-refractivity contribution in [3.05, 3.63) is 0 Å². The lowest BCUT2D eigenvalue weighted by molar-refractivity contribution is -0.0939. The van der Waals surface area contributed by atoms with Gasteiger partial charge in [0.25, 0.3) is 0 Å². The zero-order valence-electron chi connectivity index (χ0n) is 7.14. The Labute approximate surface area is 74.7 Å². The molecule has 0 bridgehead atoms. The van der Waals surface area contributed by atoms with E-state index < -0.39 is 6.29 Å². The summed E-state index contributed by atoms with van der Waals surface area (Å²) in [6.45, 7) is 2.17. The molecule has 1 saturated heterocycles. The highest BCUT2D eigenvalue weighted by Gasteiger charge is 2.47. The molecule has 2 aliphatic rings. The van der Waals surface area contributed by atoms with Crippen molar-refractivity contribution in [1.82, 2.24) is 0 Å². The Hall–Kier alpha value is 0.310. The fourth-order valence-corrected chi connectivity index (χ4v) is 2.78. The lowest BCUT2D eigenvalue weighted by Gasteiger charge is -2.17. The number of hydrogen-bond acceptors (Lipinski definition) is 3. The molecule has 1 aliphatic heterocycles. The molecule has 0 amide bonds. The Kier molecular flexibility index (Phi) is 2.39. The largest absolute Gasteiger partial charge is 0.368 e. The smallest absolute Gasteiger partial charge is 0.155 e. The monoisotopic (exact) mass is 190 g/mol. The lowest BCUT2D eigenvalue weighted by Crippen LogP contribution is -2.17. The SMILES string of the molecule is C[C@H]1C(OP)CC2OC(O)C[C@@H]21. The summed E-state index contributed by atoms with van der Waals surface area (Å²) < 4.78 is 10.6. The third-order valence-electron chi connectivity index (χ3n) is 3.18. The normalized spacial score (nSPS) is 52.8. The van der Waals surface area contributed by atoms with Gasteiger partial charge in [-0.05, 0) is 11.8 Å². The van der Waals surface area contributed by atoms with E-state index in [-0.39, 0.29) is 12.2 Å². The van der Waals surface area contributed by atoms with Gasteiger partial charge in [0.15, 0.2) is 6.29 Å². The molecular weight excluding hydrogens is 175 g/mol. The van der Waals surface area contributed by atoms with E-state index in [2.05, 4.69) is 16.4 Å². The highest BCUT2D eigenvalue weighted by atomic mass is 31.0. The molecule has 1 aliphatic carbocycles. The fourth-order valence-electron chi connectivity index (χ4n) is 2.43. The van der Waals surface area contributed by atoms with E-state index in [1.807, 2.05) is 0 Å². The Morgan fingerprint density at radius 3 is 2.83 bits per heavy atom. The van der Waals surface area contributed by atoms with E-state index >= 15 is 0 Å². The minimum absolute atomic E-state index is 0.223. The van der Waals surface area contributed by atoms with Crippen molar-refractivity contribution < 1.29 is 14.4 Å². The van der Waals surface area contributed by atoms with Gasteiger partial charge in [-0.1, -0.05) is 6.92 Å². The van der Waals surface area contributed by atoms with Crippen LogP contribution >= 0.6 is 9.47 Å². The van der Waals surface area contributed by atoms with Crippen molar-refractivity contribution in [1.29, 1.82) is 0 Å². The topological polar surface area (TPSA) is 38.7 Å². The van der Waals surface area contributed by atoms with Crippen molar-refractivity contribution in [3.63, 3.8) is 0 Å². The van der Waals surface area contributed by atoms with Gasteiger partial charge in [0.05, 0.1) is 12.2 Å². The first kappa shape index (κ1) is 8.89. The van der Waals surface area contributed by atoms with Crippen LogP contribution in [0.1, 0.15) is 19.8 Å². The van der Waals surface area contributed by atoms with Crippen LogP contribution in [0.25, 0.3) is 0 Å². The third-order valence-corrected chi connectivity index (χ3v) is 3.53. The summed E-state index contributed by atoms with van der Waals surface area (Å²) in [7, 11) is 2.31. The molecular formula is C8H15O3P. The molecule has 4 unspecified atom stereocenters. The van der Waals surface area contributed by atoms with E-state index in [9.17, 15) is 5.11 Å². The predicted octanol–water partition coefficient (Wildman–Crippen LogP) is 0.925. The molecule has 12 heavy (non-hydrogen) atoms. The van der Waals surface area contributed by atoms with Gasteiger partial charge < -0.3 is 14.4 Å². The zero-order chi connectivity index (χ0) is 8.72. The molecule has 0 aromatic rings. The molecule has 1 saturated carbocycles. The number of ether oxygens (including phenoxy) is 1. The van der Waals surface area contributed by atoms with Crippen LogP contribution in [0.3, 0.4) is 0 Å². The first-order valence-corrected chi connectivity index (χ1v) is 4.88. The molecule has 0 radical (unpaired) electrons.